The minimum Gasteiger partial charge on any atom is -0.309 e. The molecule has 0 N–H and O–H groups in total. The Labute approximate surface area is 346 Å². The van der Waals surface area contributed by atoms with Crippen molar-refractivity contribution in [2.45, 2.75) is 0 Å². The van der Waals surface area contributed by atoms with E-state index in [1.54, 1.807) is 0 Å². The van der Waals surface area contributed by atoms with Crippen molar-refractivity contribution in [2.75, 3.05) is 0 Å². The van der Waals surface area contributed by atoms with Crippen molar-refractivity contribution >= 4 is 54.5 Å². The normalized spacial score (nSPS) is 11.7. The number of para-hydroxylation sites is 4. The van der Waals surface area contributed by atoms with Crippen molar-refractivity contribution in [3.63, 3.8) is 0 Å². The van der Waals surface area contributed by atoms with E-state index >= 15 is 0 Å². The molecule has 12 aromatic rings. The van der Waals surface area contributed by atoms with E-state index < -0.39 is 0 Å². The highest BCUT2D eigenvalue weighted by atomic mass is 15.2. The summed E-state index contributed by atoms with van der Waals surface area (Å²) < 4.78 is 4.61. The zero-order chi connectivity index (χ0) is 39.6. The predicted molar refractivity (Wildman–Crippen MR) is 250 cm³/mol. The van der Waals surface area contributed by atoms with E-state index in [1.165, 1.54) is 38.3 Å². The molecule has 0 unspecified atom stereocenters. The van der Waals surface area contributed by atoms with E-state index in [9.17, 15) is 0 Å². The van der Waals surface area contributed by atoms with Gasteiger partial charge in [-0.1, -0.05) is 164 Å². The van der Waals surface area contributed by atoms with E-state index in [1.807, 2.05) is 0 Å². The van der Waals surface area contributed by atoms with Crippen LogP contribution in [-0.4, -0.2) is 19.1 Å². The van der Waals surface area contributed by atoms with Gasteiger partial charge in [0.05, 0.1) is 33.3 Å². The minimum atomic E-state index is 0.644. The largest absolute Gasteiger partial charge is 0.309 e. The fourth-order valence-corrected chi connectivity index (χ4v) is 9.09. The first kappa shape index (κ1) is 34.0. The standard InChI is InChI=1S/C56H36N4/c1-3-14-37(15-4-1)38-26-28-39(29-27-38)40-16-13-17-43(34-40)55-48-22-7-10-23-50(48)57-56(58-55)60-52-25-12-8-20-45(52)47-32-30-42(36-54(47)60)41-31-33-53-49(35-41)46-21-9-11-24-51(46)59(53)44-18-5-2-6-19-44/h1-36H. The van der Waals surface area contributed by atoms with Crippen LogP contribution in [0.15, 0.2) is 218 Å². The minimum absolute atomic E-state index is 0.644. The van der Waals surface area contributed by atoms with Gasteiger partial charge in [0.1, 0.15) is 0 Å². The monoisotopic (exact) mass is 764 g/mol. The number of hydrogen-bond acceptors (Lipinski definition) is 2. The summed E-state index contributed by atoms with van der Waals surface area (Å²) in [7, 11) is 0. The lowest BCUT2D eigenvalue weighted by atomic mass is 9.97. The van der Waals surface area contributed by atoms with Gasteiger partial charge in [-0.15, -0.1) is 0 Å². The van der Waals surface area contributed by atoms with E-state index in [-0.39, 0.29) is 0 Å². The topological polar surface area (TPSA) is 35.6 Å². The van der Waals surface area contributed by atoms with Crippen molar-refractivity contribution in [3.8, 4) is 56.3 Å². The first-order valence-corrected chi connectivity index (χ1v) is 20.4. The lowest BCUT2D eigenvalue weighted by Gasteiger charge is -2.13. The van der Waals surface area contributed by atoms with Gasteiger partial charge >= 0.3 is 0 Å². The van der Waals surface area contributed by atoms with E-state index in [0.717, 1.165) is 66.5 Å². The molecule has 3 heterocycles. The van der Waals surface area contributed by atoms with Crippen molar-refractivity contribution in [3.05, 3.63) is 218 Å². The molecule has 0 atom stereocenters. The van der Waals surface area contributed by atoms with Gasteiger partial charge in [0, 0.05) is 38.2 Å². The van der Waals surface area contributed by atoms with Crippen LogP contribution in [0.2, 0.25) is 0 Å². The van der Waals surface area contributed by atoms with Gasteiger partial charge in [0.15, 0.2) is 0 Å². The SMILES string of the molecule is c1ccc(-c2ccc(-c3cccc(-c4nc(-n5c6ccccc6c6ccc(-c7ccc8c(c7)c7ccccc7n8-c7ccccc7)cc65)nc5ccccc45)c3)cc2)cc1. The molecule has 12 rings (SSSR count). The Hall–Kier alpha value is -8.08. The Balaban J connectivity index is 1.01. The van der Waals surface area contributed by atoms with Gasteiger partial charge in [-0.25, -0.2) is 9.97 Å². The summed E-state index contributed by atoms with van der Waals surface area (Å²) in [6.45, 7) is 0. The molecule has 0 aliphatic heterocycles. The lowest BCUT2D eigenvalue weighted by molar-refractivity contribution is 1.01. The molecular formula is C56H36N4. The van der Waals surface area contributed by atoms with Gasteiger partial charge in [0.25, 0.3) is 0 Å². The second-order valence-electron chi connectivity index (χ2n) is 15.4. The average Bonchev–Trinajstić information content (AvgIpc) is 3.84. The highest BCUT2D eigenvalue weighted by molar-refractivity contribution is 6.12. The third-order valence-electron chi connectivity index (χ3n) is 11.9. The molecule has 0 radical (unpaired) electrons. The Morgan fingerprint density at radius 3 is 1.55 bits per heavy atom. The fourth-order valence-electron chi connectivity index (χ4n) is 9.09. The highest BCUT2D eigenvalue weighted by Crippen LogP contribution is 2.39. The lowest BCUT2D eigenvalue weighted by Crippen LogP contribution is -2.03. The smallest absolute Gasteiger partial charge is 0.235 e. The Morgan fingerprint density at radius 1 is 0.267 bits per heavy atom. The molecule has 0 spiro atoms. The van der Waals surface area contributed by atoms with Crippen molar-refractivity contribution < 1.29 is 0 Å². The molecule has 4 nitrogen and oxygen atoms in total. The van der Waals surface area contributed by atoms with Crippen molar-refractivity contribution in [1.82, 2.24) is 19.1 Å². The Bertz CT molecular complexity index is 3580. The zero-order valence-corrected chi connectivity index (χ0v) is 32.6. The van der Waals surface area contributed by atoms with Crippen LogP contribution in [0, 0.1) is 0 Å². The first-order chi connectivity index (χ1) is 29.7. The maximum absolute atomic E-state index is 5.46. The molecule has 0 aliphatic carbocycles. The summed E-state index contributed by atoms with van der Waals surface area (Å²) in [6, 6.07) is 78.0. The van der Waals surface area contributed by atoms with E-state index in [0.29, 0.717) is 5.95 Å². The second-order valence-corrected chi connectivity index (χ2v) is 15.4. The zero-order valence-electron chi connectivity index (χ0n) is 32.6. The van der Waals surface area contributed by atoms with Gasteiger partial charge < -0.3 is 4.57 Å². The maximum atomic E-state index is 5.46. The fraction of sp³-hybridized carbons (Fsp3) is 0. The van der Waals surface area contributed by atoms with Crippen LogP contribution in [-0.2, 0) is 0 Å². The van der Waals surface area contributed by atoms with Crippen LogP contribution < -0.4 is 0 Å². The number of fused-ring (bicyclic) bond motifs is 7. The average molecular weight is 765 g/mol. The molecule has 0 fully saturated rings. The predicted octanol–water partition coefficient (Wildman–Crippen LogP) is 14.5. The first-order valence-electron chi connectivity index (χ1n) is 20.4. The van der Waals surface area contributed by atoms with Gasteiger partial charge in [-0.3, -0.25) is 4.57 Å². The van der Waals surface area contributed by atoms with Crippen LogP contribution in [0.5, 0.6) is 0 Å². The molecule has 0 amide bonds. The summed E-state index contributed by atoms with van der Waals surface area (Å²) in [5.74, 6) is 0.644. The molecule has 0 aliphatic rings. The van der Waals surface area contributed by atoms with Crippen LogP contribution in [0.3, 0.4) is 0 Å². The molecule has 9 aromatic carbocycles. The number of benzene rings is 9. The summed E-state index contributed by atoms with van der Waals surface area (Å²) in [5, 5.41) is 5.81. The summed E-state index contributed by atoms with van der Waals surface area (Å²) in [4.78, 5) is 10.7. The van der Waals surface area contributed by atoms with Gasteiger partial charge in [-0.05, 0) is 88.0 Å². The number of aromatic nitrogens is 4. The molecule has 280 valence electrons. The second kappa shape index (κ2) is 13.8. The van der Waals surface area contributed by atoms with Crippen molar-refractivity contribution in [2.24, 2.45) is 0 Å². The molecule has 0 saturated carbocycles. The Morgan fingerprint density at radius 2 is 0.767 bits per heavy atom. The molecular weight excluding hydrogens is 729 g/mol. The van der Waals surface area contributed by atoms with Crippen LogP contribution in [0.4, 0.5) is 0 Å². The number of rotatable bonds is 6. The molecule has 60 heavy (non-hydrogen) atoms. The third kappa shape index (κ3) is 5.53. The number of nitrogens with zero attached hydrogens (tertiary/aromatic N) is 4. The van der Waals surface area contributed by atoms with Gasteiger partial charge in [-0.2, -0.15) is 0 Å². The van der Waals surface area contributed by atoms with Crippen LogP contribution >= 0.6 is 0 Å². The highest BCUT2D eigenvalue weighted by Gasteiger charge is 2.19. The van der Waals surface area contributed by atoms with Crippen LogP contribution in [0.25, 0.3) is 111 Å². The number of hydrogen-bond donors (Lipinski definition) is 0. The molecule has 0 saturated heterocycles. The van der Waals surface area contributed by atoms with E-state index in [4.69, 9.17) is 9.97 Å². The summed E-state index contributed by atoms with van der Waals surface area (Å²) in [5.41, 5.74) is 15.5. The summed E-state index contributed by atoms with van der Waals surface area (Å²) >= 11 is 0. The quantitative estimate of drug-likeness (QED) is 0.169. The van der Waals surface area contributed by atoms with Crippen LogP contribution in [0.1, 0.15) is 0 Å². The molecule has 3 aromatic heterocycles. The third-order valence-corrected chi connectivity index (χ3v) is 11.9. The van der Waals surface area contributed by atoms with E-state index in [2.05, 4.69) is 228 Å². The maximum Gasteiger partial charge on any atom is 0.235 e. The molecule has 4 heteroatoms. The summed E-state index contributed by atoms with van der Waals surface area (Å²) in [6.07, 6.45) is 0. The van der Waals surface area contributed by atoms with Gasteiger partial charge in [0.2, 0.25) is 5.95 Å². The van der Waals surface area contributed by atoms with Crippen molar-refractivity contribution in [1.29, 1.82) is 0 Å². The Kier molecular flexibility index (Phi) is 7.82. The molecule has 0 bridgehead atoms.